The number of carbonyl (C=O) groups excluding carboxylic acids is 3. The third-order valence-corrected chi connectivity index (χ3v) is 6.97. The Bertz CT molecular complexity index is 1130. The minimum absolute atomic E-state index is 0.0491. The highest BCUT2D eigenvalue weighted by Gasteiger charge is 2.41. The Morgan fingerprint density at radius 1 is 1.21 bits per heavy atom. The van der Waals surface area contributed by atoms with Crippen molar-refractivity contribution in [2.45, 2.75) is 64.1 Å². The Kier molecular flexibility index (Phi) is 6.76. The average molecular weight is 469 g/mol. The van der Waals surface area contributed by atoms with Crippen LogP contribution < -0.4 is 11.5 Å². The van der Waals surface area contributed by atoms with Crippen molar-refractivity contribution in [3.63, 3.8) is 0 Å². The topological polar surface area (TPSA) is 148 Å². The van der Waals surface area contributed by atoms with E-state index in [1.54, 1.807) is 0 Å². The lowest BCUT2D eigenvalue weighted by atomic mass is 10.1. The fourth-order valence-corrected chi connectivity index (χ4v) is 5.28. The van der Waals surface area contributed by atoms with Crippen LogP contribution in [0, 0.1) is 5.41 Å². The lowest BCUT2D eigenvalue weighted by Gasteiger charge is -2.31. The first-order valence-corrected chi connectivity index (χ1v) is 11.8. The average Bonchev–Trinajstić information content (AvgIpc) is 3.51. The lowest BCUT2D eigenvalue weighted by molar-refractivity contribution is -0.145. The Labute approximate surface area is 198 Å². The molecule has 2 atom stereocenters. The summed E-state index contributed by atoms with van der Waals surface area (Å²) >= 11 is 0. The standard InChI is InChI=1S/C24H32N6O4/c1-2-28-18(12-15-5-6-16(22(25)26)13-20(15)28)8-7-17-4-3-11-29(17)23(32)19-9-10-21(31)30(19)14-34-24(27)33/h5-6,12-13,17,19H,2-4,7-11,14H2,1H3,(H3,25,26)(H2,27,33)/t17-,19+/m0/s1. The number of carbonyl (C=O) groups is 3. The number of likely N-dealkylation sites (tertiary alicyclic amines) is 2. The zero-order chi connectivity index (χ0) is 24.4. The SMILES string of the molecule is CCn1c(CC[C@@H]2CCCN2C(=O)[C@H]2CCC(=O)N2COC(N)=O)cc2ccc(C(=N)N)cc21. The van der Waals surface area contributed by atoms with E-state index >= 15 is 0 Å². The maximum absolute atomic E-state index is 13.4. The highest BCUT2D eigenvalue weighted by molar-refractivity contribution is 5.98. The third kappa shape index (κ3) is 4.57. The van der Waals surface area contributed by atoms with Crippen molar-refractivity contribution in [3.8, 4) is 0 Å². The number of aryl methyl sites for hydroxylation is 2. The summed E-state index contributed by atoms with van der Waals surface area (Å²) in [6.45, 7) is 3.26. The first-order chi connectivity index (χ1) is 16.3. The summed E-state index contributed by atoms with van der Waals surface area (Å²) in [7, 11) is 0. The van der Waals surface area contributed by atoms with Gasteiger partial charge >= 0.3 is 6.09 Å². The number of rotatable bonds is 8. The van der Waals surface area contributed by atoms with Crippen molar-refractivity contribution in [1.29, 1.82) is 5.41 Å². The molecular formula is C24H32N6O4. The molecule has 10 nitrogen and oxygen atoms in total. The van der Waals surface area contributed by atoms with Gasteiger partial charge in [0.1, 0.15) is 11.9 Å². The number of nitrogens with zero attached hydrogens (tertiary/aromatic N) is 3. The number of amidine groups is 1. The first kappa shape index (κ1) is 23.6. The van der Waals surface area contributed by atoms with Crippen LogP contribution >= 0.6 is 0 Å². The number of nitrogens with one attached hydrogen (secondary N) is 1. The third-order valence-electron chi connectivity index (χ3n) is 6.97. The van der Waals surface area contributed by atoms with Gasteiger partial charge in [-0.1, -0.05) is 12.1 Å². The molecule has 2 fully saturated rings. The zero-order valence-corrected chi connectivity index (χ0v) is 19.5. The molecule has 2 saturated heterocycles. The molecule has 0 radical (unpaired) electrons. The molecule has 10 heteroatoms. The molecule has 0 saturated carbocycles. The van der Waals surface area contributed by atoms with Crippen LogP contribution in [0.2, 0.25) is 0 Å². The Morgan fingerprint density at radius 2 is 2.00 bits per heavy atom. The van der Waals surface area contributed by atoms with E-state index in [-0.39, 0.29) is 36.8 Å². The Morgan fingerprint density at radius 3 is 2.71 bits per heavy atom. The smallest absolute Gasteiger partial charge is 0.406 e. The molecule has 2 aliphatic rings. The lowest BCUT2D eigenvalue weighted by Crippen LogP contribution is -2.49. The number of fused-ring (bicyclic) bond motifs is 1. The van der Waals surface area contributed by atoms with Crippen LogP contribution in [0.15, 0.2) is 24.3 Å². The second-order valence-corrected chi connectivity index (χ2v) is 8.94. The predicted molar refractivity (Wildman–Crippen MR) is 127 cm³/mol. The van der Waals surface area contributed by atoms with Gasteiger partial charge in [-0.25, -0.2) is 4.79 Å². The van der Waals surface area contributed by atoms with Crippen molar-refractivity contribution in [2.75, 3.05) is 13.3 Å². The number of nitrogen functional groups attached to an aromatic ring is 1. The summed E-state index contributed by atoms with van der Waals surface area (Å²) in [5.74, 6) is -0.232. The van der Waals surface area contributed by atoms with Crippen molar-refractivity contribution >= 4 is 34.6 Å². The molecule has 0 aliphatic carbocycles. The van der Waals surface area contributed by atoms with E-state index in [1.165, 1.54) is 10.6 Å². The fraction of sp³-hybridized carbons (Fsp3) is 0.500. The maximum atomic E-state index is 13.4. The van der Waals surface area contributed by atoms with Crippen molar-refractivity contribution in [3.05, 3.63) is 35.5 Å². The number of benzene rings is 1. The van der Waals surface area contributed by atoms with Crippen LogP contribution in [0.3, 0.4) is 0 Å². The van der Waals surface area contributed by atoms with Gasteiger partial charge in [-0.05, 0) is 56.5 Å². The molecule has 182 valence electrons. The summed E-state index contributed by atoms with van der Waals surface area (Å²) in [4.78, 5) is 39.8. The maximum Gasteiger partial charge on any atom is 0.406 e. The van der Waals surface area contributed by atoms with Crippen molar-refractivity contribution in [2.24, 2.45) is 11.5 Å². The number of aromatic nitrogens is 1. The summed E-state index contributed by atoms with van der Waals surface area (Å²) in [5, 5.41) is 8.83. The minimum Gasteiger partial charge on any atom is -0.428 e. The molecule has 3 amide bonds. The van der Waals surface area contributed by atoms with Crippen LogP contribution in [-0.4, -0.2) is 63.5 Å². The molecule has 34 heavy (non-hydrogen) atoms. The quantitative estimate of drug-likeness (QED) is 0.400. The molecule has 0 bridgehead atoms. The molecule has 3 heterocycles. The Hall–Kier alpha value is -3.56. The molecule has 2 aromatic rings. The summed E-state index contributed by atoms with van der Waals surface area (Å²) in [5.41, 5.74) is 13.7. The van der Waals surface area contributed by atoms with Crippen LogP contribution in [0.5, 0.6) is 0 Å². The Balaban J connectivity index is 1.46. The van der Waals surface area contributed by atoms with E-state index < -0.39 is 12.1 Å². The monoisotopic (exact) mass is 468 g/mol. The minimum atomic E-state index is -0.966. The van der Waals surface area contributed by atoms with Gasteiger partial charge in [-0.15, -0.1) is 0 Å². The second-order valence-electron chi connectivity index (χ2n) is 8.94. The van der Waals surface area contributed by atoms with Gasteiger partial charge in [0.25, 0.3) is 0 Å². The number of nitrogens with two attached hydrogens (primary N) is 2. The van der Waals surface area contributed by atoms with E-state index in [0.29, 0.717) is 18.5 Å². The number of primary amides is 1. The zero-order valence-electron chi connectivity index (χ0n) is 19.5. The van der Waals surface area contributed by atoms with Crippen LogP contribution in [0.4, 0.5) is 4.79 Å². The molecule has 4 rings (SSSR count). The second kappa shape index (κ2) is 9.74. The number of hydrogen-bond donors (Lipinski definition) is 3. The van der Waals surface area contributed by atoms with Crippen LogP contribution in [0.1, 0.15) is 50.3 Å². The van der Waals surface area contributed by atoms with Gasteiger partial charge < -0.3 is 25.7 Å². The summed E-state index contributed by atoms with van der Waals surface area (Å²) in [6, 6.07) is 7.46. The van der Waals surface area contributed by atoms with E-state index in [0.717, 1.165) is 43.1 Å². The number of hydrogen-bond acceptors (Lipinski definition) is 5. The fourth-order valence-electron chi connectivity index (χ4n) is 5.28. The van der Waals surface area contributed by atoms with Gasteiger partial charge in [0, 0.05) is 42.3 Å². The molecule has 1 aromatic carbocycles. The molecule has 0 unspecified atom stereocenters. The highest BCUT2D eigenvalue weighted by atomic mass is 16.6. The van der Waals surface area contributed by atoms with Gasteiger partial charge in [-0.2, -0.15) is 0 Å². The molecule has 5 N–H and O–H groups in total. The first-order valence-electron chi connectivity index (χ1n) is 11.8. The summed E-state index contributed by atoms with van der Waals surface area (Å²) in [6.07, 6.45) is 3.19. The molecular weight excluding hydrogens is 436 g/mol. The van der Waals surface area contributed by atoms with E-state index in [1.807, 2.05) is 23.1 Å². The van der Waals surface area contributed by atoms with Gasteiger partial charge in [0.2, 0.25) is 11.8 Å². The van der Waals surface area contributed by atoms with Crippen LogP contribution in [-0.2, 0) is 27.3 Å². The largest absolute Gasteiger partial charge is 0.428 e. The normalized spacial score (nSPS) is 20.3. The predicted octanol–water partition coefficient (Wildman–Crippen LogP) is 1.91. The van der Waals surface area contributed by atoms with Gasteiger partial charge in [0.05, 0.1) is 0 Å². The molecule has 1 aromatic heterocycles. The number of amides is 3. The summed E-state index contributed by atoms with van der Waals surface area (Å²) < 4.78 is 7.04. The number of ether oxygens (including phenoxy) is 1. The molecule has 0 spiro atoms. The van der Waals surface area contributed by atoms with E-state index in [2.05, 4.69) is 17.6 Å². The molecule has 2 aliphatic heterocycles. The highest BCUT2D eigenvalue weighted by Crippen LogP contribution is 2.29. The van der Waals surface area contributed by atoms with Crippen molar-refractivity contribution < 1.29 is 19.1 Å². The van der Waals surface area contributed by atoms with Crippen molar-refractivity contribution in [1.82, 2.24) is 14.4 Å². The van der Waals surface area contributed by atoms with E-state index in [9.17, 15) is 14.4 Å². The van der Waals surface area contributed by atoms with E-state index in [4.69, 9.17) is 21.6 Å². The van der Waals surface area contributed by atoms with Gasteiger partial charge in [-0.3, -0.25) is 19.9 Å². The van der Waals surface area contributed by atoms with Gasteiger partial charge in [0.15, 0.2) is 6.73 Å². The van der Waals surface area contributed by atoms with Crippen LogP contribution in [0.25, 0.3) is 10.9 Å².